The van der Waals surface area contributed by atoms with Crippen molar-refractivity contribution in [3.8, 4) is 0 Å². The van der Waals surface area contributed by atoms with E-state index in [0.717, 1.165) is 32.0 Å². The quantitative estimate of drug-likeness (QED) is 0.609. The first-order chi connectivity index (χ1) is 12.1. The summed E-state index contributed by atoms with van der Waals surface area (Å²) in [5, 5.41) is 3.94. The summed E-state index contributed by atoms with van der Waals surface area (Å²) in [6, 6.07) is 12.9. The van der Waals surface area contributed by atoms with E-state index in [1.807, 2.05) is 12.1 Å². The van der Waals surface area contributed by atoms with Crippen LogP contribution in [0.4, 0.5) is 11.4 Å². The first-order valence-corrected chi connectivity index (χ1v) is 8.74. The van der Waals surface area contributed by atoms with E-state index >= 15 is 0 Å². The fourth-order valence-electron chi connectivity index (χ4n) is 2.58. The van der Waals surface area contributed by atoms with Crippen LogP contribution in [0, 0.1) is 0 Å². The Hall–Kier alpha value is -2.01. The number of benzene rings is 2. The number of morpholine rings is 1. The van der Waals surface area contributed by atoms with Crippen LogP contribution >= 0.6 is 23.2 Å². The average Bonchev–Trinajstić information content (AvgIpc) is 2.63. The maximum atomic E-state index is 12.2. The molecule has 130 valence electrons. The summed E-state index contributed by atoms with van der Waals surface area (Å²) in [5.74, 6) is -0.181. The third-order valence-electron chi connectivity index (χ3n) is 3.92. The Morgan fingerprint density at radius 1 is 1.08 bits per heavy atom. The third-order valence-corrected chi connectivity index (χ3v) is 4.47. The molecule has 1 fully saturated rings. The molecule has 0 saturated carbocycles. The van der Waals surface area contributed by atoms with Gasteiger partial charge in [0, 0.05) is 47.3 Å². The van der Waals surface area contributed by atoms with Crippen LogP contribution in [0.5, 0.6) is 0 Å². The maximum Gasteiger partial charge on any atom is 0.188 e. The van der Waals surface area contributed by atoms with E-state index in [4.69, 9.17) is 27.9 Å². The van der Waals surface area contributed by atoms with Gasteiger partial charge in [-0.05, 0) is 42.5 Å². The minimum atomic E-state index is -0.181. The fraction of sp³-hybridized carbons (Fsp3) is 0.211. The van der Waals surface area contributed by atoms with E-state index in [-0.39, 0.29) is 5.78 Å². The number of anilines is 2. The van der Waals surface area contributed by atoms with Crippen molar-refractivity contribution in [2.75, 3.05) is 36.5 Å². The van der Waals surface area contributed by atoms with Crippen LogP contribution in [0.25, 0.3) is 0 Å². The Balaban J connectivity index is 1.59. The van der Waals surface area contributed by atoms with Gasteiger partial charge in [-0.1, -0.05) is 23.2 Å². The van der Waals surface area contributed by atoms with Crippen LogP contribution in [0.2, 0.25) is 10.0 Å². The number of rotatable bonds is 5. The summed E-state index contributed by atoms with van der Waals surface area (Å²) >= 11 is 11.9. The SMILES string of the molecule is O=C(C=CNc1ccc(N2CCOCC2)cc1)c1ccc(Cl)cc1Cl. The molecule has 25 heavy (non-hydrogen) atoms. The van der Waals surface area contributed by atoms with Gasteiger partial charge in [0.05, 0.1) is 18.2 Å². The smallest absolute Gasteiger partial charge is 0.188 e. The predicted molar refractivity (Wildman–Crippen MR) is 103 cm³/mol. The zero-order chi connectivity index (χ0) is 17.6. The van der Waals surface area contributed by atoms with Gasteiger partial charge >= 0.3 is 0 Å². The highest BCUT2D eigenvalue weighted by molar-refractivity contribution is 6.37. The van der Waals surface area contributed by atoms with E-state index in [1.165, 1.54) is 11.8 Å². The molecule has 1 saturated heterocycles. The minimum absolute atomic E-state index is 0.181. The number of carbonyl (C=O) groups is 1. The Kier molecular flexibility index (Phi) is 5.97. The normalized spacial score (nSPS) is 14.7. The molecule has 0 unspecified atom stereocenters. The molecule has 6 heteroatoms. The van der Waals surface area contributed by atoms with E-state index in [9.17, 15) is 4.79 Å². The zero-order valence-corrected chi connectivity index (χ0v) is 15.1. The van der Waals surface area contributed by atoms with Crippen molar-refractivity contribution in [3.05, 3.63) is 70.3 Å². The molecule has 1 heterocycles. The molecule has 2 aromatic rings. The summed E-state index contributed by atoms with van der Waals surface area (Å²) in [4.78, 5) is 14.4. The van der Waals surface area contributed by atoms with Crippen molar-refractivity contribution in [1.82, 2.24) is 0 Å². The lowest BCUT2D eigenvalue weighted by Crippen LogP contribution is -2.36. The fourth-order valence-corrected chi connectivity index (χ4v) is 3.08. The highest BCUT2D eigenvalue weighted by Crippen LogP contribution is 2.22. The lowest BCUT2D eigenvalue weighted by molar-refractivity contribution is 0.104. The largest absolute Gasteiger partial charge is 0.378 e. The number of carbonyl (C=O) groups excluding carboxylic acids is 1. The van der Waals surface area contributed by atoms with Crippen molar-refractivity contribution in [2.24, 2.45) is 0 Å². The molecule has 2 aromatic carbocycles. The minimum Gasteiger partial charge on any atom is -0.378 e. The molecule has 4 nitrogen and oxygen atoms in total. The number of ketones is 1. The molecule has 1 aliphatic rings. The Morgan fingerprint density at radius 3 is 2.48 bits per heavy atom. The van der Waals surface area contributed by atoms with E-state index in [2.05, 4.69) is 22.3 Å². The zero-order valence-electron chi connectivity index (χ0n) is 13.5. The van der Waals surface area contributed by atoms with Crippen LogP contribution in [0.15, 0.2) is 54.7 Å². The van der Waals surface area contributed by atoms with Crippen molar-refractivity contribution < 1.29 is 9.53 Å². The lowest BCUT2D eigenvalue weighted by atomic mass is 10.1. The van der Waals surface area contributed by atoms with E-state index < -0.39 is 0 Å². The molecule has 0 spiro atoms. The third kappa shape index (κ3) is 4.75. The summed E-state index contributed by atoms with van der Waals surface area (Å²) in [5.41, 5.74) is 2.50. The lowest BCUT2D eigenvalue weighted by Gasteiger charge is -2.28. The number of nitrogens with one attached hydrogen (secondary N) is 1. The second-order valence-electron chi connectivity index (χ2n) is 5.61. The van der Waals surface area contributed by atoms with E-state index in [0.29, 0.717) is 15.6 Å². The molecule has 0 radical (unpaired) electrons. The highest BCUT2D eigenvalue weighted by Gasteiger charge is 2.10. The van der Waals surface area contributed by atoms with Gasteiger partial charge in [0.15, 0.2) is 5.78 Å². The molecular weight excluding hydrogens is 359 g/mol. The van der Waals surface area contributed by atoms with Gasteiger partial charge in [-0.3, -0.25) is 4.79 Å². The number of halogens is 2. The van der Waals surface area contributed by atoms with Gasteiger partial charge in [-0.15, -0.1) is 0 Å². The predicted octanol–water partition coefficient (Wildman–Crippen LogP) is 4.64. The van der Waals surface area contributed by atoms with Gasteiger partial charge in [0.2, 0.25) is 0 Å². The number of ether oxygens (including phenoxy) is 1. The molecule has 1 N–H and O–H groups in total. The number of hydrogen-bond acceptors (Lipinski definition) is 4. The van der Waals surface area contributed by atoms with Crippen molar-refractivity contribution in [3.63, 3.8) is 0 Å². The molecule has 0 atom stereocenters. The van der Waals surface area contributed by atoms with Gasteiger partial charge in [0.25, 0.3) is 0 Å². The maximum absolute atomic E-state index is 12.2. The van der Waals surface area contributed by atoms with Gasteiger partial charge in [-0.25, -0.2) is 0 Å². The summed E-state index contributed by atoms with van der Waals surface area (Å²) in [6.45, 7) is 3.34. The average molecular weight is 377 g/mol. The molecule has 0 aliphatic carbocycles. The van der Waals surface area contributed by atoms with Crippen LogP contribution in [-0.2, 0) is 4.74 Å². The molecule has 0 amide bonds. The second kappa shape index (κ2) is 8.39. The summed E-state index contributed by atoms with van der Waals surface area (Å²) < 4.78 is 5.36. The topological polar surface area (TPSA) is 41.6 Å². The summed E-state index contributed by atoms with van der Waals surface area (Å²) in [6.07, 6.45) is 3.06. The number of nitrogens with zero attached hydrogens (tertiary/aromatic N) is 1. The Bertz CT molecular complexity index is 769. The van der Waals surface area contributed by atoms with E-state index in [1.54, 1.807) is 24.4 Å². The van der Waals surface area contributed by atoms with Crippen LogP contribution in [-0.4, -0.2) is 32.1 Å². The highest BCUT2D eigenvalue weighted by atomic mass is 35.5. The molecule has 1 aliphatic heterocycles. The molecule has 0 bridgehead atoms. The van der Waals surface area contributed by atoms with Crippen LogP contribution in [0.1, 0.15) is 10.4 Å². The Labute approximate surface area is 157 Å². The number of hydrogen-bond donors (Lipinski definition) is 1. The first kappa shape index (κ1) is 17.8. The van der Waals surface area contributed by atoms with Crippen molar-refractivity contribution >= 4 is 40.4 Å². The first-order valence-electron chi connectivity index (χ1n) is 7.99. The Morgan fingerprint density at radius 2 is 1.80 bits per heavy atom. The monoisotopic (exact) mass is 376 g/mol. The van der Waals surface area contributed by atoms with Crippen molar-refractivity contribution in [2.45, 2.75) is 0 Å². The van der Waals surface area contributed by atoms with Gasteiger partial charge < -0.3 is 15.0 Å². The van der Waals surface area contributed by atoms with Gasteiger partial charge in [0.1, 0.15) is 0 Å². The second-order valence-corrected chi connectivity index (χ2v) is 6.46. The molecule has 0 aromatic heterocycles. The summed E-state index contributed by atoms with van der Waals surface area (Å²) in [7, 11) is 0. The molecule has 3 rings (SSSR count). The van der Waals surface area contributed by atoms with Crippen molar-refractivity contribution in [1.29, 1.82) is 0 Å². The molecular formula is C19H18Cl2N2O2. The standard InChI is InChI=1S/C19H18Cl2N2O2/c20-14-1-6-17(18(21)13-14)19(24)7-8-22-15-2-4-16(5-3-15)23-9-11-25-12-10-23/h1-8,13,22H,9-12H2. The van der Waals surface area contributed by atoms with Crippen LogP contribution < -0.4 is 10.2 Å². The van der Waals surface area contributed by atoms with Gasteiger partial charge in [-0.2, -0.15) is 0 Å². The number of allylic oxidation sites excluding steroid dienone is 1. The van der Waals surface area contributed by atoms with Crippen LogP contribution in [0.3, 0.4) is 0 Å².